The molecule has 234 valence electrons. The minimum absolute atomic E-state index is 0.631. The van der Waals surface area contributed by atoms with E-state index in [0.717, 1.165) is 66.5 Å². The van der Waals surface area contributed by atoms with E-state index in [2.05, 4.69) is 102 Å². The Kier molecular flexibility index (Phi) is 6.42. The average Bonchev–Trinajstić information content (AvgIpc) is 3.74. The van der Waals surface area contributed by atoms with Crippen LogP contribution in [0, 0.1) is 0 Å². The lowest BCUT2D eigenvalue weighted by Gasteiger charge is -2.13. The van der Waals surface area contributed by atoms with Gasteiger partial charge in [-0.25, -0.2) is 15.0 Å². The summed E-state index contributed by atoms with van der Waals surface area (Å²) in [5.74, 6) is 1.92. The van der Waals surface area contributed by atoms with E-state index in [1.165, 1.54) is 10.8 Å². The number of rotatable bonds is 5. The van der Waals surface area contributed by atoms with Gasteiger partial charge in [-0.2, -0.15) is 0 Å². The van der Waals surface area contributed by atoms with Gasteiger partial charge in [-0.3, -0.25) is 0 Å². The Morgan fingerprint density at radius 1 is 0.380 bits per heavy atom. The summed E-state index contributed by atoms with van der Waals surface area (Å²) in [5.41, 5.74) is 10.2. The zero-order valence-electron chi connectivity index (χ0n) is 26.9. The fourth-order valence-electron chi connectivity index (χ4n) is 7.11. The van der Waals surface area contributed by atoms with Crippen molar-refractivity contribution in [1.82, 2.24) is 19.5 Å². The summed E-state index contributed by atoms with van der Waals surface area (Å²) in [5, 5.41) is 4.66. The normalized spacial score (nSPS) is 11.6. The Bertz CT molecular complexity index is 2800. The first-order chi connectivity index (χ1) is 24.8. The molecule has 0 spiro atoms. The van der Waals surface area contributed by atoms with E-state index < -0.39 is 0 Å². The summed E-state index contributed by atoms with van der Waals surface area (Å²) in [7, 11) is 0. The maximum atomic E-state index is 6.31. The third-order valence-corrected chi connectivity index (χ3v) is 9.47. The van der Waals surface area contributed by atoms with Gasteiger partial charge in [0.2, 0.25) is 0 Å². The highest BCUT2D eigenvalue weighted by atomic mass is 16.3. The highest BCUT2D eigenvalue weighted by Gasteiger charge is 2.18. The number of hydrogen-bond donors (Lipinski definition) is 0. The monoisotopic (exact) mass is 640 g/mol. The first kappa shape index (κ1) is 28.2. The smallest absolute Gasteiger partial charge is 0.164 e. The molecule has 0 atom stereocenters. The molecular formula is C45H28N4O. The van der Waals surface area contributed by atoms with Crippen molar-refractivity contribution in [2.24, 2.45) is 0 Å². The lowest BCUT2D eigenvalue weighted by Crippen LogP contribution is -2.00. The minimum atomic E-state index is 0.631. The van der Waals surface area contributed by atoms with Gasteiger partial charge in [0.25, 0.3) is 0 Å². The van der Waals surface area contributed by atoms with Crippen molar-refractivity contribution in [3.05, 3.63) is 170 Å². The molecular weight excluding hydrogens is 613 g/mol. The summed E-state index contributed by atoms with van der Waals surface area (Å²) in [6.07, 6.45) is 0. The fraction of sp³-hybridized carbons (Fsp3) is 0. The average molecular weight is 641 g/mol. The molecule has 0 saturated carbocycles. The van der Waals surface area contributed by atoms with Gasteiger partial charge in [0.1, 0.15) is 11.2 Å². The molecule has 10 aromatic rings. The van der Waals surface area contributed by atoms with E-state index in [9.17, 15) is 0 Å². The maximum Gasteiger partial charge on any atom is 0.164 e. The number of fused-ring (bicyclic) bond motifs is 6. The van der Waals surface area contributed by atoms with Gasteiger partial charge in [-0.15, -0.1) is 0 Å². The molecule has 0 aliphatic carbocycles. The SMILES string of the molecule is c1ccc(-c2nc(-c3ccccc3)nc(-c3ccc(-n4c5ccccc5c5cccc(-c6ccc7c(c6)oc6ccccc67)c54)cc3)n2)cc1. The van der Waals surface area contributed by atoms with Crippen molar-refractivity contribution in [2.75, 3.05) is 0 Å². The molecule has 0 aliphatic rings. The molecule has 0 fully saturated rings. The molecule has 0 unspecified atom stereocenters. The maximum absolute atomic E-state index is 6.31. The van der Waals surface area contributed by atoms with Crippen LogP contribution in [-0.4, -0.2) is 19.5 Å². The van der Waals surface area contributed by atoms with Crippen LogP contribution < -0.4 is 0 Å². The van der Waals surface area contributed by atoms with Crippen LogP contribution in [0.15, 0.2) is 174 Å². The Hall–Kier alpha value is -6.85. The van der Waals surface area contributed by atoms with Crippen LogP contribution in [0.4, 0.5) is 0 Å². The predicted octanol–water partition coefficient (Wildman–Crippen LogP) is 11.5. The lowest BCUT2D eigenvalue weighted by molar-refractivity contribution is 0.669. The van der Waals surface area contributed by atoms with Gasteiger partial charge in [0.15, 0.2) is 17.5 Å². The number of benzene rings is 7. The van der Waals surface area contributed by atoms with Gasteiger partial charge in [-0.05, 0) is 54.1 Å². The summed E-state index contributed by atoms with van der Waals surface area (Å²) < 4.78 is 8.67. The first-order valence-electron chi connectivity index (χ1n) is 16.7. The largest absolute Gasteiger partial charge is 0.456 e. The standard InChI is InChI=1S/C45H28N4O/c1-3-12-29(13-4-1)43-46-44(30-14-5-2-6-15-30)48-45(47-43)31-22-25-33(26-23-31)49-39-20-9-7-16-35(39)38-19-11-18-34(42(38)49)32-24-27-37-36-17-8-10-21-40(36)50-41(37)28-32/h1-28H. The van der Waals surface area contributed by atoms with Crippen LogP contribution in [0.25, 0.3) is 94.7 Å². The molecule has 7 aromatic carbocycles. The minimum Gasteiger partial charge on any atom is -0.456 e. The second-order valence-corrected chi connectivity index (χ2v) is 12.4. The Labute approximate surface area is 287 Å². The Morgan fingerprint density at radius 2 is 0.920 bits per heavy atom. The zero-order chi connectivity index (χ0) is 33.0. The second kappa shape index (κ2) is 11.4. The zero-order valence-corrected chi connectivity index (χ0v) is 26.9. The van der Waals surface area contributed by atoms with Crippen LogP contribution >= 0.6 is 0 Å². The summed E-state index contributed by atoms with van der Waals surface area (Å²) >= 11 is 0. The number of furan rings is 1. The van der Waals surface area contributed by atoms with Crippen molar-refractivity contribution < 1.29 is 4.42 Å². The predicted molar refractivity (Wildman–Crippen MR) is 203 cm³/mol. The molecule has 0 amide bonds. The number of hydrogen-bond acceptors (Lipinski definition) is 4. The molecule has 3 heterocycles. The van der Waals surface area contributed by atoms with Gasteiger partial charge >= 0.3 is 0 Å². The molecule has 5 nitrogen and oxygen atoms in total. The second-order valence-electron chi connectivity index (χ2n) is 12.4. The summed E-state index contributed by atoms with van der Waals surface area (Å²) in [6.45, 7) is 0. The van der Waals surface area contributed by atoms with Gasteiger partial charge in [-0.1, -0.05) is 121 Å². The van der Waals surface area contributed by atoms with E-state index in [1.54, 1.807) is 0 Å². The van der Waals surface area contributed by atoms with Crippen LogP contribution in [0.5, 0.6) is 0 Å². The van der Waals surface area contributed by atoms with Gasteiger partial charge < -0.3 is 8.98 Å². The van der Waals surface area contributed by atoms with Crippen LogP contribution in [0.1, 0.15) is 0 Å². The number of nitrogens with zero attached hydrogens (tertiary/aromatic N) is 4. The van der Waals surface area contributed by atoms with Crippen molar-refractivity contribution in [1.29, 1.82) is 0 Å². The molecule has 3 aromatic heterocycles. The Morgan fingerprint density at radius 3 is 1.62 bits per heavy atom. The van der Waals surface area contributed by atoms with Crippen molar-refractivity contribution in [2.45, 2.75) is 0 Å². The molecule has 0 aliphatic heterocycles. The highest BCUT2D eigenvalue weighted by Crippen LogP contribution is 2.40. The third-order valence-electron chi connectivity index (χ3n) is 9.47. The van der Waals surface area contributed by atoms with Gasteiger partial charge in [0.05, 0.1) is 11.0 Å². The molecule has 5 heteroatoms. The van der Waals surface area contributed by atoms with Crippen molar-refractivity contribution in [3.63, 3.8) is 0 Å². The fourth-order valence-corrected chi connectivity index (χ4v) is 7.11. The highest BCUT2D eigenvalue weighted by molar-refractivity contribution is 6.14. The number of aromatic nitrogens is 4. The molecule has 50 heavy (non-hydrogen) atoms. The topological polar surface area (TPSA) is 56.7 Å². The summed E-state index contributed by atoms with van der Waals surface area (Å²) in [6, 6.07) is 58.6. The van der Waals surface area contributed by atoms with Gasteiger partial charge in [0, 0.05) is 49.5 Å². The van der Waals surface area contributed by atoms with Crippen LogP contribution in [-0.2, 0) is 0 Å². The third kappa shape index (κ3) is 4.60. The van der Waals surface area contributed by atoms with Crippen molar-refractivity contribution >= 4 is 43.7 Å². The lowest BCUT2D eigenvalue weighted by atomic mass is 10.0. The van der Waals surface area contributed by atoms with E-state index in [0.29, 0.717) is 17.5 Å². The van der Waals surface area contributed by atoms with Crippen LogP contribution in [0.2, 0.25) is 0 Å². The molecule has 0 N–H and O–H groups in total. The quantitative estimate of drug-likeness (QED) is 0.188. The van der Waals surface area contributed by atoms with E-state index in [1.807, 2.05) is 72.8 Å². The van der Waals surface area contributed by atoms with E-state index in [-0.39, 0.29) is 0 Å². The molecule has 0 radical (unpaired) electrons. The van der Waals surface area contributed by atoms with E-state index >= 15 is 0 Å². The summed E-state index contributed by atoms with van der Waals surface area (Å²) in [4.78, 5) is 14.8. The molecule has 0 saturated heterocycles. The first-order valence-corrected chi connectivity index (χ1v) is 16.7. The van der Waals surface area contributed by atoms with E-state index in [4.69, 9.17) is 19.4 Å². The molecule has 0 bridgehead atoms. The van der Waals surface area contributed by atoms with Crippen LogP contribution in [0.3, 0.4) is 0 Å². The Balaban J connectivity index is 1.13. The molecule has 10 rings (SSSR count). The number of para-hydroxylation sites is 3. The van der Waals surface area contributed by atoms with Crippen molar-refractivity contribution in [3.8, 4) is 51.0 Å².